The van der Waals surface area contributed by atoms with Crippen molar-refractivity contribution in [3.63, 3.8) is 0 Å². The van der Waals surface area contributed by atoms with Crippen LogP contribution in [0.2, 0.25) is 0 Å². The van der Waals surface area contributed by atoms with Crippen LogP contribution in [0, 0.1) is 10.1 Å². The highest BCUT2D eigenvalue weighted by Crippen LogP contribution is 2.19. The fraction of sp³-hybridized carbons (Fsp3) is 0.0625. The second kappa shape index (κ2) is 7.05. The van der Waals surface area contributed by atoms with E-state index in [2.05, 4.69) is 4.72 Å². The van der Waals surface area contributed by atoms with Crippen molar-refractivity contribution in [3.8, 4) is 0 Å². The van der Waals surface area contributed by atoms with E-state index in [1.165, 1.54) is 25.1 Å². The average Bonchev–Trinajstić information content (AvgIpc) is 2.54. The highest BCUT2D eigenvalue weighted by Gasteiger charge is 2.15. The molecule has 0 heterocycles. The van der Waals surface area contributed by atoms with Gasteiger partial charge in [-0.05, 0) is 42.8 Å². The van der Waals surface area contributed by atoms with Crippen molar-refractivity contribution in [1.82, 2.24) is 0 Å². The largest absolute Gasteiger partial charge is 0.295 e. The van der Waals surface area contributed by atoms with Gasteiger partial charge in [0.15, 0.2) is 5.78 Å². The summed E-state index contributed by atoms with van der Waals surface area (Å²) >= 11 is 0. The average molecular weight is 346 g/mol. The van der Waals surface area contributed by atoms with E-state index in [0.29, 0.717) is 5.69 Å². The molecule has 0 saturated heterocycles. The van der Waals surface area contributed by atoms with Gasteiger partial charge in [-0.15, -0.1) is 0 Å². The van der Waals surface area contributed by atoms with Crippen molar-refractivity contribution in [2.45, 2.75) is 11.8 Å². The number of non-ortho nitro benzene ring substituents is 1. The monoisotopic (exact) mass is 346 g/mol. The standard InChI is InChI=1S/C16H14N2O5S/c1-12(19)2-3-13-4-6-14(7-5-13)17-24(22,23)16-10-8-15(9-11-16)18(20)21/h2-11,17H,1H3/b3-2+. The number of nitrogens with one attached hydrogen (secondary N) is 1. The Bertz CT molecular complexity index is 885. The van der Waals surface area contributed by atoms with Crippen molar-refractivity contribution >= 4 is 33.3 Å². The predicted molar refractivity (Wildman–Crippen MR) is 90.1 cm³/mol. The topological polar surface area (TPSA) is 106 Å². The highest BCUT2D eigenvalue weighted by molar-refractivity contribution is 7.92. The lowest BCUT2D eigenvalue weighted by molar-refractivity contribution is -0.384. The molecule has 0 fully saturated rings. The van der Waals surface area contributed by atoms with Crippen molar-refractivity contribution < 1.29 is 18.1 Å². The highest BCUT2D eigenvalue weighted by atomic mass is 32.2. The summed E-state index contributed by atoms with van der Waals surface area (Å²) in [7, 11) is -3.84. The number of allylic oxidation sites excluding steroid dienone is 1. The first-order chi connectivity index (χ1) is 11.3. The molecule has 2 aromatic rings. The molecule has 124 valence electrons. The van der Waals surface area contributed by atoms with E-state index in [4.69, 9.17) is 0 Å². The van der Waals surface area contributed by atoms with Gasteiger partial charge in [0.05, 0.1) is 9.82 Å². The lowest BCUT2D eigenvalue weighted by Crippen LogP contribution is -2.12. The number of hydrogen-bond acceptors (Lipinski definition) is 5. The second-order valence-corrected chi connectivity index (χ2v) is 6.60. The molecule has 1 N–H and O–H groups in total. The van der Waals surface area contributed by atoms with Crippen LogP contribution < -0.4 is 4.72 Å². The SMILES string of the molecule is CC(=O)/C=C/c1ccc(NS(=O)(=O)c2ccc([N+](=O)[O-])cc2)cc1. The summed E-state index contributed by atoms with van der Waals surface area (Å²) in [6.07, 6.45) is 3.03. The number of anilines is 1. The van der Waals surface area contributed by atoms with Crippen LogP contribution in [0.15, 0.2) is 59.5 Å². The van der Waals surface area contributed by atoms with Crippen molar-refractivity contribution in [3.05, 3.63) is 70.3 Å². The van der Waals surface area contributed by atoms with Crippen LogP contribution in [0.4, 0.5) is 11.4 Å². The van der Waals surface area contributed by atoms with E-state index in [-0.39, 0.29) is 16.4 Å². The molecule has 0 atom stereocenters. The molecule has 0 amide bonds. The van der Waals surface area contributed by atoms with E-state index in [9.17, 15) is 23.3 Å². The summed E-state index contributed by atoms with van der Waals surface area (Å²) < 4.78 is 26.9. The zero-order valence-electron chi connectivity index (χ0n) is 12.7. The minimum Gasteiger partial charge on any atom is -0.295 e. The lowest BCUT2D eigenvalue weighted by Gasteiger charge is -2.08. The maximum Gasteiger partial charge on any atom is 0.269 e. The van der Waals surface area contributed by atoms with Gasteiger partial charge in [-0.2, -0.15) is 0 Å². The number of nitro benzene ring substituents is 1. The Morgan fingerprint density at radius 2 is 1.67 bits per heavy atom. The summed E-state index contributed by atoms with van der Waals surface area (Å²) in [4.78, 5) is 20.8. The summed E-state index contributed by atoms with van der Waals surface area (Å²) in [6.45, 7) is 1.43. The normalized spacial score (nSPS) is 11.4. The molecule has 0 aliphatic carbocycles. The smallest absolute Gasteiger partial charge is 0.269 e. The van der Waals surface area contributed by atoms with Gasteiger partial charge in [-0.1, -0.05) is 18.2 Å². The molecule has 2 rings (SSSR count). The summed E-state index contributed by atoms with van der Waals surface area (Å²) in [6, 6.07) is 11.0. The third-order valence-electron chi connectivity index (χ3n) is 3.03. The molecule has 24 heavy (non-hydrogen) atoms. The summed E-state index contributed by atoms with van der Waals surface area (Å²) in [5.41, 5.74) is 0.910. The van der Waals surface area contributed by atoms with Gasteiger partial charge < -0.3 is 0 Å². The van der Waals surface area contributed by atoms with Gasteiger partial charge in [0.2, 0.25) is 0 Å². The van der Waals surface area contributed by atoms with Crippen molar-refractivity contribution in [2.75, 3.05) is 4.72 Å². The first kappa shape index (κ1) is 17.4. The minimum atomic E-state index is -3.84. The number of carbonyl (C=O) groups excluding carboxylic acids is 1. The van der Waals surface area contributed by atoms with Crippen LogP contribution in [0.1, 0.15) is 12.5 Å². The van der Waals surface area contributed by atoms with Gasteiger partial charge in [0, 0.05) is 17.8 Å². The Kier molecular flexibility index (Phi) is 5.10. The summed E-state index contributed by atoms with van der Waals surface area (Å²) in [5, 5.41) is 10.6. The Balaban J connectivity index is 2.16. The van der Waals surface area contributed by atoms with Crippen LogP contribution in [0.25, 0.3) is 6.08 Å². The number of nitrogens with zero attached hydrogens (tertiary/aromatic N) is 1. The van der Waals surface area contributed by atoms with Crippen molar-refractivity contribution in [1.29, 1.82) is 0 Å². The molecule has 0 spiro atoms. The minimum absolute atomic E-state index is 0.0753. The van der Waals surface area contributed by atoms with Gasteiger partial charge in [0.25, 0.3) is 15.7 Å². The van der Waals surface area contributed by atoms with E-state index in [0.717, 1.165) is 17.7 Å². The number of benzene rings is 2. The maximum absolute atomic E-state index is 12.2. The van der Waals surface area contributed by atoms with Crippen LogP contribution in [0.5, 0.6) is 0 Å². The van der Waals surface area contributed by atoms with Crippen LogP contribution in [-0.4, -0.2) is 19.1 Å². The first-order valence-electron chi connectivity index (χ1n) is 6.84. The molecule has 7 nitrogen and oxygen atoms in total. The van der Waals surface area contributed by atoms with Crippen molar-refractivity contribution in [2.24, 2.45) is 0 Å². The Morgan fingerprint density at radius 1 is 1.08 bits per heavy atom. The Morgan fingerprint density at radius 3 is 2.17 bits per heavy atom. The first-order valence-corrected chi connectivity index (χ1v) is 8.32. The van der Waals surface area contributed by atoms with Crippen LogP contribution in [-0.2, 0) is 14.8 Å². The third-order valence-corrected chi connectivity index (χ3v) is 4.43. The van der Waals surface area contributed by atoms with E-state index >= 15 is 0 Å². The third kappa shape index (κ3) is 4.50. The Labute approximate surface area is 138 Å². The molecule has 0 unspecified atom stereocenters. The zero-order valence-corrected chi connectivity index (χ0v) is 13.5. The molecule has 0 aromatic heterocycles. The van der Waals surface area contributed by atoms with Gasteiger partial charge in [-0.3, -0.25) is 19.6 Å². The van der Waals surface area contributed by atoms with Gasteiger partial charge in [-0.25, -0.2) is 8.42 Å². The van der Waals surface area contributed by atoms with Crippen LogP contribution >= 0.6 is 0 Å². The lowest BCUT2D eigenvalue weighted by atomic mass is 10.2. The zero-order chi connectivity index (χ0) is 17.7. The number of carbonyl (C=O) groups is 1. The molecule has 8 heteroatoms. The molecule has 0 aliphatic rings. The Hall–Kier alpha value is -3.00. The number of nitro groups is 1. The van der Waals surface area contributed by atoms with E-state index in [1.54, 1.807) is 30.3 Å². The molecule has 2 aromatic carbocycles. The van der Waals surface area contributed by atoms with E-state index in [1.807, 2.05) is 0 Å². The number of rotatable bonds is 6. The molecule has 0 bridgehead atoms. The molecule has 0 aliphatic heterocycles. The van der Waals surface area contributed by atoms with Crippen LogP contribution in [0.3, 0.4) is 0 Å². The molecule has 0 saturated carbocycles. The predicted octanol–water partition coefficient (Wildman–Crippen LogP) is 3.00. The number of hydrogen-bond donors (Lipinski definition) is 1. The molecule has 0 radical (unpaired) electrons. The quantitative estimate of drug-likeness (QED) is 0.491. The van der Waals surface area contributed by atoms with Gasteiger partial charge >= 0.3 is 0 Å². The summed E-state index contributed by atoms with van der Waals surface area (Å²) in [5.74, 6) is -0.0852. The number of ketones is 1. The molecular weight excluding hydrogens is 332 g/mol. The van der Waals surface area contributed by atoms with E-state index < -0.39 is 14.9 Å². The number of sulfonamides is 1. The fourth-order valence-electron chi connectivity index (χ4n) is 1.84. The second-order valence-electron chi connectivity index (χ2n) is 4.92. The maximum atomic E-state index is 12.2. The molecular formula is C16H14N2O5S. The van der Waals surface area contributed by atoms with Gasteiger partial charge in [0.1, 0.15) is 0 Å². The fourth-order valence-corrected chi connectivity index (χ4v) is 2.90.